The van der Waals surface area contributed by atoms with Crippen LogP contribution in [0, 0.1) is 5.82 Å². The summed E-state index contributed by atoms with van der Waals surface area (Å²) in [7, 11) is 0. The first-order valence-electron chi connectivity index (χ1n) is 8.33. The number of rotatable bonds is 5. The normalized spacial score (nSPS) is 15.1. The SMILES string of the molecule is O=C(CCN1CCN(C(=O)c2cccs2)CC1)Nc1ccc(Br)cc1F. The minimum atomic E-state index is -0.464. The number of piperazine rings is 1. The Morgan fingerprint density at radius 3 is 2.62 bits per heavy atom. The van der Waals surface area contributed by atoms with E-state index in [0.29, 0.717) is 24.1 Å². The van der Waals surface area contributed by atoms with Gasteiger partial charge in [-0.1, -0.05) is 22.0 Å². The van der Waals surface area contributed by atoms with Gasteiger partial charge in [-0.15, -0.1) is 11.3 Å². The predicted molar refractivity (Wildman–Crippen MR) is 104 cm³/mol. The van der Waals surface area contributed by atoms with Gasteiger partial charge >= 0.3 is 0 Å². The number of nitrogens with one attached hydrogen (secondary N) is 1. The fourth-order valence-electron chi connectivity index (χ4n) is 2.79. The minimum absolute atomic E-state index is 0.0723. The van der Waals surface area contributed by atoms with Gasteiger partial charge in [0.1, 0.15) is 5.82 Å². The standard InChI is InChI=1S/C18H19BrFN3O2S/c19-13-3-4-15(14(20)12-13)21-17(24)5-6-22-7-9-23(10-8-22)18(25)16-2-1-11-26-16/h1-4,11-12H,5-10H2,(H,21,24). The van der Waals surface area contributed by atoms with Crippen molar-refractivity contribution < 1.29 is 14.0 Å². The number of benzene rings is 1. The van der Waals surface area contributed by atoms with Gasteiger partial charge in [0.05, 0.1) is 10.6 Å². The van der Waals surface area contributed by atoms with Crippen molar-refractivity contribution in [3.05, 3.63) is 50.9 Å². The molecule has 0 aliphatic carbocycles. The van der Waals surface area contributed by atoms with Crippen LogP contribution >= 0.6 is 27.3 Å². The Hall–Kier alpha value is -1.77. The zero-order valence-corrected chi connectivity index (χ0v) is 16.5. The van der Waals surface area contributed by atoms with Crippen molar-refractivity contribution >= 4 is 44.8 Å². The predicted octanol–water partition coefficient (Wildman–Crippen LogP) is 3.44. The summed E-state index contributed by atoms with van der Waals surface area (Å²) < 4.78 is 14.4. The van der Waals surface area contributed by atoms with E-state index in [0.717, 1.165) is 18.0 Å². The zero-order valence-electron chi connectivity index (χ0n) is 14.1. The van der Waals surface area contributed by atoms with E-state index in [1.807, 2.05) is 22.4 Å². The molecule has 1 aliphatic heterocycles. The summed E-state index contributed by atoms with van der Waals surface area (Å²) in [5.74, 6) is -0.611. The topological polar surface area (TPSA) is 52.7 Å². The highest BCUT2D eigenvalue weighted by atomic mass is 79.9. The summed E-state index contributed by atoms with van der Waals surface area (Å²) in [6.45, 7) is 3.36. The quantitative estimate of drug-likeness (QED) is 0.775. The number of hydrogen-bond acceptors (Lipinski definition) is 4. The van der Waals surface area contributed by atoms with Gasteiger partial charge in [0.2, 0.25) is 5.91 Å². The van der Waals surface area contributed by atoms with Gasteiger partial charge < -0.3 is 10.2 Å². The highest BCUT2D eigenvalue weighted by molar-refractivity contribution is 9.10. The van der Waals surface area contributed by atoms with Gasteiger partial charge in [-0.2, -0.15) is 0 Å². The van der Waals surface area contributed by atoms with Gasteiger partial charge in [-0.05, 0) is 29.6 Å². The second-order valence-corrected chi connectivity index (χ2v) is 7.90. The number of amides is 2. The molecule has 1 aromatic carbocycles. The van der Waals surface area contributed by atoms with Crippen LogP contribution in [-0.4, -0.2) is 54.3 Å². The lowest BCUT2D eigenvalue weighted by Gasteiger charge is -2.34. The summed E-state index contributed by atoms with van der Waals surface area (Å²) in [6, 6.07) is 8.25. The molecule has 1 aliphatic rings. The molecule has 8 heteroatoms. The Balaban J connectivity index is 1.42. The van der Waals surface area contributed by atoms with E-state index in [2.05, 4.69) is 26.1 Å². The molecule has 1 N–H and O–H groups in total. The first-order chi connectivity index (χ1) is 12.5. The average Bonchev–Trinajstić information content (AvgIpc) is 3.17. The summed E-state index contributed by atoms with van der Waals surface area (Å²) >= 11 is 4.64. The number of thiophene rings is 1. The zero-order chi connectivity index (χ0) is 18.5. The van der Waals surface area contributed by atoms with Crippen LogP contribution in [0.25, 0.3) is 0 Å². The Morgan fingerprint density at radius 2 is 1.96 bits per heavy atom. The third kappa shape index (κ3) is 4.90. The fourth-order valence-corrected chi connectivity index (χ4v) is 3.82. The second kappa shape index (κ2) is 8.75. The number of hydrogen-bond donors (Lipinski definition) is 1. The monoisotopic (exact) mass is 439 g/mol. The lowest BCUT2D eigenvalue weighted by molar-refractivity contribution is -0.116. The second-order valence-electron chi connectivity index (χ2n) is 6.03. The van der Waals surface area contributed by atoms with Crippen molar-refractivity contribution in [3.63, 3.8) is 0 Å². The van der Waals surface area contributed by atoms with Crippen LogP contribution in [0.3, 0.4) is 0 Å². The van der Waals surface area contributed by atoms with Crippen LogP contribution in [0.5, 0.6) is 0 Å². The number of nitrogens with zero attached hydrogens (tertiary/aromatic N) is 2. The Bertz CT molecular complexity index is 777. The molecule has 138 valence electrons. The highest BCUT2D eigenvalue weighted by Crippen LogP contribution is 2.19. The van der Waals surface area contributed by atoms with Crippen LogP contribution in [0.4, 0.5) is 10.1 Å². The highest BCUT2D eigenvalue weighted by Gasteiger charge is 2.22. The maximum absolute atomic E-state index is 13.7. The van der Waals surface area contributed by atoms with Gasteiger partial charge in [-0.3, -0.25) is 14.5 Å². The van der Waals surface area contributed by atoms with Crippen molar-refractivity contribution in [3.8, 4) is 0 Å². The molecule has 0 unspecified atom stereocenters. The first-order valence-corrected chi connectivity index (χ1v) is 10.0. The summed E-state index contributed by atoms with van der Waals surface area (Å²) in [5, 5.41) is 4.50. The molecule has 0 saturated carbocycles. The van der Waals surface area contributed by atoms with Crippen molar-refractivity contribution in [2.75, 3.05) is 38.0 Å². The summed E-state index contributed by atoms with van der Waals surface area (Å²) in [5.41, 5.74) is 0.185. The van der Waals surface area contributed by atoms with E-state index in [9.17, 15) is 14.0 Å². The van der Waals surface area contributed by atoms with Gasteiger partial charge in [0.15, 0.2) is 0 Å². The Kier molecular flexibility index (Phi) is 6.39. The molecular formula is C18H19BrFN3O2S. The smallest absolute Gasteiger partial charge is 0.264 e. The molecule has 3 rings (SSSR count). The lowest BCUT2D eigenvalue weighted by atomic mass is 10.2. The van der Waals surface area contributed by atoms with Crippen LogP contribution < -0.4 is 5.32 Å². The summed E-state index contributed by atoms with van der Waals surface area (Å²) in [6.07, 6.45) is 0.286. The summed E-state index contributed by atoms with van der Waals surface area (Å²) in [4.78, 5) is 29.1. The average molecular weight is 440 g/mol. The van der Waals surface area contributed by atoms with E-state index < -0.39 is 5.82 Å². The third-order valence-electron chi connectivity index (χ3n) is 4.25. The molecule has 1 aromatic heterocycles. The van der Waals surface area contributed by atoms with Crippen molar-refractivity contribution in [1.82, 2.24) is 9.80 Å². The molecule has 0 bridgehead atoms. The largest absolute Gasteiger partial charge is 0.335 e. The molecule has 5 nitrogen and oxygen atoms in total. The van der Waals surface area contributed by atoms with Crippen LogP contribution in [-0.2, 0) is 4.79 Å². The molecule has 0 atom stereocenters. The van der Waals surface area contributed by atoms with Gasteiger partial charge in [0.25, 0.3) is 5.91 Å². The number of halogens is 2. The molecule has 2 aromatic rings. The van der Waals surface area contributed by atoms with Crippen LogP contribution in [0.1, 0.15) is 16.1 Å². The number of carbonyl (C=O) groups excluding carboxylic acids is 2. The van der Waals surface area contributed by atoms with Crippen molar-refractivity contribution in [1.29, 1.82) is 0 Å². The fraction of sp³-hybridized carbons (Fsp3) is 0.333. The van der Waals surface area contributed by atoms with E-state index in [4.69, 9.17) is 0 Å². The molecule has 26 heavy (non-hydrogen) atoms. The molecule has 1 fully saturated rings. The van der Waals surface area contributed by atoms with E-state index >= 15 is 0 Å². The van der Waals surface area contributed by atoms with E-state index in [1.165, 1.54) is 23.5 Å². The third-order valence-corrected chi connectivity index (χ3v) is 5.60. The molecule has 2 heterocycles. The molecule has 0 spiro atoms. The van der Waals surface area contributed by atoms with Crippen molar-refractivity contribution in [2.24, 2.45) is 0 Å². The maximum atomic E-state index is 13.7. The Labute approximate surface area is 163 Å². The van der Waals surface area contributed by atoms with Crippen LogP contribution in [0.15, 0.2) is 40.2 Å². The van der Waals surface area contributed by atoms with Gasteiger partial charge in [-0.25, -0.2) is 4.39 Å². The molecule has 0 radical (unpaired) electrons. The number of anilines is 1. The van der Waals surface area contributed by atoms with E-state index in [-0.39, 0.29) is 23.9 Å². The molecule has 1 saturated heterocycles. The first kappa shape index (κ1) is 19.0. The lowest BCUT2D eigenvalue weighted by Crippen LogP contribution is -2.49. The van der Waals surface area contributed by atoms with E-state index in [1.54, 1.807) is 6.07 Å². The molecular weight excluding hydrogens is 421 g/mol. The number of carbonyl (C=O) groups is 2. The molecule has 2 amide bonds. The minimum Gasteiger partial charge on any atom is -0.335 e. The van der Waals surface area contributed by atoms with Crippen molar-refractivity contribution in [2.45, 2.75) is 6.42 Å². The van der Waals surface area contributed by atoms with Crippen LogP contribution in [0.2, 0.25) is 0 Å². The maximum Gasteiger partial charge on any atom is 0.264 e. The van der Waals surface area contributed by atoms with Gasteiger partial charge in [0, 0.05) is 43.6 Å². The Morgan fingerprint density at radius 1 is 1.19 bits per heavy atom.